The maximum absolute atomic E-state index is 10.7. The highest BCUT2D eigenvalue weighted by Crippen LogP contribution is 2.05. The zero-order valence-electron chi connectivity index (χ0n) is 7.47. The van der Waals surface area contributed by atoms with Crippen molar-refractivity contribution in [2.24, 2.45) is 5.73 Å². The Morgan fingerprint density at radius 2 is 1.69 bits per heavy atom. The zero-order valence-corrected chi connectivity index (χ0v) is 9.10. The monoisotopic (exact) mass is 229 g/mol. The molecule has 80 valence electrons. The lowest BCUT2D eigenvalue weighted by atomic mass is 10.2. The van der Waals surface area contributed by atoms with E-state index in [1.807, 2.05) is 0 Å². The molecule has 13 heavy (non-hydrogen) atoms. The predicted molar refractivity (Wildman–Crippen MR) is 52.6 cm³/mol. The average molecular weight is 229 g/mol. The summed E-state index contributed by atoms with van der Waals surface area (Å²) in [6, 6.07) is 0.327. The standard InChI is InChI=1S/C5H11NOS.CH4O3S/c6-5-1-3-8(7)4-2-5;1-5(2,3)4/h5H,1-4,6H2;1H3,(H,2,3,4). The summed E-state index contributed by atoms with van der Waals surface area (Å²) in [5.41, 5.74) is 5.56. The van der Waals surface area contributed by atoms with Gasteiger partial charge in [0.2, 0.25) is 0 Å². The molecule has 0 spiro atoms. The molecule has 1 rings (SSSR count). The molecule has 0 aromatic carbocycles. The van der Waals surface area contributed by atoms with Crippen molar-refractivity contribution in [3.63, 3.8) is 0 Å². The third-order valence-electron chi connectivity index (χ3n) is 1.43. The van der Waals surface area contributed by atoms with E-state index in [2.05, 4.69) is 0 Å². The summed E-state index contributed by atoms with van der Waals surface area (Å²) in [4.78, 5) is 0. The van der Waals surface area contributed by atoms with Crippen molar-refractivity contribution >= 4 is 20.9 Å². The van der Waals surface area contributed by atoms with Gasteiger partial charge in [-0.15, -0.1) is 0 Å². The van der Waals surface area contributed by atoms with Crippen LogP contribution in [0.5, 0.6) is 0 Å². The van der Waals surface area contributed by atoms with Crippen LogP contribution in [0.25, 0.3) is 0 Å². The van der Waals surface area contributed by atoms with Crippen LogP contribution in [0.3, 0.4) is 0 Å². The lowest BCUT2D eigenvalue weighted by Crippen LogP contribution is -2.29. The Morgan fingerprint density at radius 1 is 1.38 bits per heavy atom. The fourth-order valence-corrected chi connectivity index (χ4v) is 2.15. The minimum atomic E-state index is -3.67. The fourth-order valence-electron chi connectivity index (χ4n) is 0.812. The van der Waals surface area contributed by atoms with Crippen molar-refractivity contribution in [2.75, 3.05) is 17.8 Å². The maximum atomic E-state index is 10.7. The minimum Gasteiger partial charge on any atom is -0.328 e. The Morgan fingerprint density at radius 3 is 1.92 bits per heavy atom. The first kappa shape index (κ1) is 13.0. The normalized spacial score (nSPS) is 28.8. The van der Waals surface area contributed by atoms with Gasteiger partial charge in [-0.05, 0) is 12.8 Å². The smallest absolute Gasteiger partial charge is 0.261 e. The molecule has 0 amide bonds. The first-order valence-electron chi connectivity index (χ1n) is 3.82. The molecular formula is C6H15NO4S2. The largest absolute Gasteiger partial charge is 0.328 e. The molecule has 5 nitrogen and oxygen atoms in total. The van der Waals surface area contributed by atoms with E-state index < -0.39 is 20.9 Å². The van der Waals surface area contributed by atoms with Crippen LogP contribution in [0.1, 0.15) is 12.8 Å². The van der Waals surface area contributed by atoms with E-state index in [9.17, 15) is 12.6 Å². The van der Waals surface area contributed by atoms with Gasteiger partial charge in [0.25, 0.3) is 10.1 Å². The van der Waals surface area contributed by atoms with Gasteiger partial charge in [-0.3, -0.25) is 8.76 Å². The molecule has 0 aliphatic carbocycles. The van der Waals surface area contributed by atoms with Gasteiger partial charge in [0.1, 0.15) is 0 Å². The average Bonchev–Trinajstić information content (AvgIpc) is 1.92. The predicted octanol–water partition coefficient (Wildman–Crippen LogP) is -0.640. The Hall–Kier alpha value is 0.0200. The van der Waals surface area contributed by atoms with Crippen molar-refractivity contribution in [1.29, 1.82) is 0 Å². The molecule has 1 fully saturated rings. The highest BCUT2D eigenvalue weighted by atomic mass is 32.2. The molecule has 1 heterocycles. The second kappa shape index (κ2) is 5.69. The summed E-state index contributed by atoms with van der Waals surface area (Å²) in [6.45, 7) is 0. The topological polar surface area (TPSA) is 97.5 Å². The van der Waals surface area contributed by atoms with Crippen LogP contribution in [-0.4, -0.2) is 41.0 Å². The van der Waals surface area contributed by atoms with Crippen molar-refractivity contribution < 1.29 is 17.2 Å². The molecule has 0 aromatic rings. The van der Waals surface area contributed by atoms with Gasteiger partial charge in [-0.1, -0.05) is 0 Å². The summed E-state index contributed by atoms with van der Waals surface area (Å²) < 4.78 is 36.5. The fraction of sp³-hybridized carbons (Fsp3) is 1.00. The Bertz CT molecular complexity index is 244. The van der Waals surface area contributed by atoms with Crippen molar-refractivity contribution in [2.45, 2.75) is 18.9 Å². The summed E-state index contributed by atoms with van der Waals surface area (Å²) >= 11 is 0. The number of rotatable bonds is 0. The lowest BCUT2D eigenvalue weighted by molar-refractivity contribution is 0.490. The summed E-state index contributed by atoms with van der Waals surface area (Å²) in [6.07, 6.45) is 2.62. The molecule has 1 aliphatic heterocycles. The van der Waals surface area contributed by atoms with Gasteiger partial charge in [0, 0.05) is 28.3 Å². The quantitative estimate of drug-likeness (QED) is 0.538. The molecule has 0 bridgehead atoms. The third-order valence-corrected chi connectivity index (χ3v) is 2.81. The molecule has 0 atom stereocenters. The molecule has 1 aliphatic rings. The SMILES string of the molecule is CS(=O)(=O)O.NC1CCS(=O)CC1. The van der Waals surface area contributed by atoms with E-state index >= 15 is 0 Å². The van der Waals surface area contributed by atoms with Crippen molar-refractivity contribution in [3.05, 3.63) is 0 Å². The van der Waals surface area contributed by atoms with E-state index in [0.29, 0.717) is 12.3 Å². The van der Waals surface area contributed by atoms with Gasteiger partial charge >= 0.3 is 0 Å². The molecule has 3 N–H and O–H groups in total. The Kier molecular flexibility index (Phi) is 5.70. The van der Waals surface area contributed by atoms with Crippen LogP contribution in [-0.2, 0) is 20.9 Å². The Balaban J connectivity index is 0.000000252. The molecule has 1 saturated heterocycles. The van der Waals surface area contributed by atoms with Crippen LogP contribution >= 0.6 is 0 Å². The van der Waals surface area contributed by atoms with Crippen LogP contribution in [0.15, 0.2) is 0 Å². The first-order valence-corrected chi connectivity index (χ1v) is 7.15. The second-order valence-electron chi connectivity index (χ2n) is 2.92. The second-order valence-corrected chi connectivity index (χ2v) is 6.08. The van der Waals surface area contributed by atoms with Crippen LogP contribution in [0.4, 0.5) is 0 Å². The van der Waals surface area contributed by atoms with Crippen molar-refractivity contribution in [3.8, 4) is 0 Å². The maximum Gasteiger partial charge on any atom is 0.261 e. The minimum absolute atomic E-state index is 0.327. The van der Waals surface area contributed by atoms with E-state index in [-0.39, 0.29) is 0 Å². The van der Waals surface area contributed by atoms with Gasteiger partial charge < -0.3 is 5.73 Å². The highest BCUT2D eigenvalue weighted by Gasteiger charge is 2.12. The zero-order chi connectivity index (χ0) is 10.5. The summed E-state index contributed by atoms with van der Waals surface area (Å²) in [7, 11) is -4.21. The number of hydrogen-bond acceptors (Lipinski definition) is 4. The van der Waals surface area contributed by atoms with Gasteiger partial charge in [0.15, 0.2) is 0 Å². The lowest BCUT2D eigenvalue weighted by Gasteiger charge is -2.15. The Labute approximate surface area is 80.9 Å². The molecule has 0 saturated carbocycles. The van der Waals surface area contributed by atoms with Crippen LogP contribution < -0.4 is 5.73 Å². The summed E-state index contributed by atoms with van der Waals surface area (Å²) in [5, 5.41) is 0. The van der Waals surface area contributed by atoms with Crippen LogP contribution in [0, 0.1) is 0 Å². The molecule has 0 radical (unpaired) electrons. The van der Waals surface area contributed by atoms with Gasteiger partial charge in [0.05, 0.1) is 6.26 Å². The molecular weight excluding hydrogens is 214 g/mol. The van der Waals surface area contributed by atoms with E-state index in [1.165, 1.54) is 0 Å². The molecule has 0 unspecified atom stereocenters. The third kappa shape index (κ3) is 12.0. The highest BCUT2D eigenvalue weighted by molar-refractivity contribution is 7.85. The van der Waals surface area contributed by atoms with Crippen molar-refractivity contribution in [1.82, 2.24) is 0 Å². The van der Waals surface area contributed by atoms with E-state index in [1.54, 1.807) is 0 Å². The number of hydrogen-bond donors (Lipinski definition) is 2. The first-order chi connectivity index (χ1) is 5.79. The van der Waals surface area contributed by atoms with Gasteiger partial charge in [-0.2, -0.15) is 8.42 Å². The number of nitrogens with two attached hydrogens (primary N) is 1. The summed E-state index contributed by atoms with van der Waals surface area (Å²) in [5.74, 6) is 1.64. The van der Waals surface area contributed by atoms with Gasteiger partial charge in [-0.25, -0.2) is 0 Å². The van der Waals surface area contributed by atoms with Crippen LogP contribution in [0.2, 0.25) is 0 Å². The molecule has 7 heteroatoms. The van der Waals surface area contributed by atoms with E-state index in [4.69, 9.17) is 10.3 Å². The molecule has 0 aromatic heterocycles. The van der Waals surface area contributed by atoms with E-state index in [0.717, 1.165) is 24.3 Å².